The Morgan fingerprint density at radius 2 is 2.36 bits per heavy atom. The number of fused-ring (bicyclic) bond motifs is 1. The molecule has 0 heterocycles. The summed E-state index contributed by atoms with van der Waals surface area (Å²) in [4.78, 5) is 10.7. The molecule has 1 aliphatic rings. The molecule has 1 unspecified atom stereocenters. The molecule has 3 heteroatoms. The van der Waals surface area contributed by atoms with Crippen LogP contribution in [0.4, 0.5) is 0 Å². The highest BCUT2D eigenvalue weighted by atomic mass is 16.4. The lowest BCUT2D eigenvalue weighted by atomic mass is 10.0. The van der Waals surface area contributed by atoms with E-state index in [1.165, 1.54) is 0 Å². The lowest BCUT2D eigenvalue weighted by Gasteiger charge is -2.02. The standard InChI is InChI=1S/C11H9NO2/c12-6-9-2-1-7-5-8(11(13)14)3-4-10(7)9/h3-5,9H,1-2H2,(H,13,14). The molecule has 1 atom stereocenters. The van der Waals surface area contributed by atoms with Crippen LogP contribution in [0.2, 0.25) is 0 Å². The van der Waals surface area contributed by atoms with Crippen molar-refractivity contribution in [1.82, 2.24) is 0 Å². The molecule has 0 radical (unpaired) electrons. The van der Waals surface area contributed by atoms with E-state index in [9.17, 15) is 4.79 Å². The average molecular weight is 187 g/mol. The van der Waals surface area contributed by atoms with Crippen molar-refractivity contribution in [2.24, 2.45) is 0 Å². The molecule has 0 spiro atoms. The van der Waals surface area contributed by atoms with E-state index >= 15 is 0 Å². The topological polar surface area (TPSA) is 61.1 Å². The van der Waals surface area contributed by atoms with Crippen LogP contribution >= 0.6 is 0 Å². The lowest BCUT2D eigenvalue weighted by molar-refractivity contribution is 0.0697. The average Bonchev–Trinajstić information content (AvgIpc) is 2.59. The number of hydrogen-bond acceptors (Lipinski definition) is 2. The number of nitrogens with zero attached hydrogens (tertiary/aromatic N) is 1. The Morgan fingerprint density at radius 3 is 3.00 bits per heavy atom. The van der Waals surface area contributed by atoms with Crippen molar-refractivity contribution in [1.29, 1.82) is 5.26 Å². The molecule has 0 amide bonds. The van der Waals surface area contributed by atoms with E-state index in [2.05, 4.69) is 6.07 Å². The van der Waals surface area contributed by atoms with Gasteiger partial charge >= 0.3 is 5.97 Å². The summed E-state index contributed by atoms with van der Waals surface area (Å²) in [6, 6.07) is 7.23. The zero-order valence-corrected chi connectivity index (χ0v) is 7.53. The Morgan fingerprint density at radius 1 is 1.57 bits per heavy atom. The summed E-state index contributed by atoms with van der Waals surface area (Å²) in [6.07, 6.45) is 1.63. The van der Waals surface area contributed by atoms with Crippen LogP contribution in [0.5, 0.6) is 0 Å². The number of hydrogen-bond donors (Lipinski definition) is 1. The second-order valence-electron chi connectivity index (χ2n) is 3.44. The molecule has 0 saturated heterocycles. The van der Waals surface area contributed by atoms with Crippen LogP contribution in [0.1, 0.15) is 33.8 Å². The van der Waals surface area contributed by atoms with Gasteiger partial charge in [-0.05, 0) is 36.1 Å². The van der Waals surface area contributed by atoms with Gasteiger partial charge in [-0.3, -0.25) is 0 Å². The maximum Gasteiger partial charge on any atom is 0.335 e. The largest absolute Gasteiger partial charge is 0.478 e. The van der Waals surface area contributed by atoms with Crippen LogP contribution in [-0.2, 0) is 6.42 Å². The molecule has 1 aromatic rings. The van der Waals surface area contributed by atoms with Gasteiger partial charge in [-0.1, -0.05) is 6.07 Å². The molecule has 0 aliphatic heterocycles. The smallest absolute Gasteiger partial charge is 0.335 e. The van der Waals surface area contributed by atoms with E-state index < -0.39 is 5.97 Å². The van der Waals surface area contributed by atoms with Crippen LogP contribution in [-0.4, -0.2) is 11.1 Å². The molecule has 1 aliphatic carbocycles. The summed E-state index contributed by atoms with van der Waals surface area (Å²) < 4.78 is 0. The predicted octanol–water partition coefficient (Wildman–Crippen LogP) is 1.94. The second-order valence-corrected chi connectivity index (χ2v) is 3.44. The Bertz CT molecular complexity index is 431. The molecule has 14 heavy (non-hydrogen) atoms. The van der Waals surface area contributed by atoms with Gasteiger partial charge in [0.2, 0.25) is 0 Å². The van der Waals surface area contributed by atoms with Crippen LogP contribution in [0.3, 0.4) is 0 Å². The zero-order valence-electron chi connectivity index (χ0n) is 7.53. The molecule has 70 valence electrons. The summed E-state index contributed by atoms with van der Waals surface area (Å²) in [6.45, 7) is 0. The molecule has 2 rings (SSSR count). The third-order valence-corrected chi connectivity index (χ3v) is 2.62. The number of carboxylic acid groups (broad SMARTS) is 1. The van der Waals surface area contributed by atoms with E-state index in [-0.39, 0.29) is 5.92 Å². The van der Waals surface area contributed by atoms with Crippen LogP contribution in [0, 0.1) is 11.3 Å². The number of aromatic carboxylic acids is 1. The second kappa shape index (κ2) is 3.15. The normalized spacial score (nSPS) is 18.6. The fourth-order valence-corrected chi connectivity index (χ4v) is 1.88. The predicted molar refractivity (Wildman–Crippen MR) is 50.1 cm³/mol. The van der Waals surface area contributed by atoms with Gasteiger partial charge in [0.05, 0.1) is 17.6 Å². The third kappa shape index (κ3) is 1.25. The molecule has 0 aromatic heterocycles. The first kappa shape index (κ1) is 8.76. The van der Waals surface area contributed by atoms with Crippen molar-refractivity contribution in [2.45, 2.75) is 18.8 Å². The van der Waals surface area contributed by atoms with E-state index in [1.54, 1.807) is 18.2 Å². The van der Waals surface area contributed by atoms with Crippen molar-refractivity contribution in [3.8, 4) is 6.07 Å². The first-order valence-corrected chi connectivity index (χ1v) is 4.48. The van der Waals surface area contributed by atoms with E-state index in [4.69, 9.17) is 10.4 Å². The van der Waals surface area contributed by atoms with Gasteiger partial charge in [-0.2, -0.15) is 5.26 Å². The molecule has 0 saturated carbocycles. The number of aryl methyl sites for hydroxylation is 1. The SMILES string of the molecule is N#CC1CCc2cc(C(=O)O)ccc21. The number of carboxylic acids is 1. The summed E-state index contributed by atoms with van der Waals surface area (Å²) >= 11 is 0. The first-order chi connectivity index (χ1) is 6.72. The highest BCUT2D eigenvalue weighted by Crippen LogP contribution is 2.32. The summed E-state index contributed by atoms with van der Waals surface area (Å²) in [5, 5.41) is 17.6. The minimum Gasteiger partial charge on any atom is -0.478 e. The van der Waals surface area contributed by atoms with Crippen molar-refractivity contribution in [3.63, 3.8) is 0 Å². The maximum absolute atomic E-state index is 10.7. The highest BCUT2D eigenvalue weighted by Gasteiger charge is 2.22. The van der Waals surface area contributed by atoms with Gasteiger partial charge in [0, 0.05) is 0 Å². The summed E-state index contributed by atoms with van der Waals surface area (Å²) in [5.74, 6) is -0.957. The van der Waals surface area contributed by atoms with Gasteiger partial charge in [-0.15, -0.1) is 0 Å². The lowest BCUT2D eigenvalue weighted by Crippen LogP contribution is -1.98. The minimum atomic E-state index is -0.909. The van der Waals surface area contributed by atoms with Gasteiger partial charge in [0.1, 0.15) is 0 Å². The van der Waals surface area contributed by atoms with Gasteiger partial charge < -0.3 is 5.11 Å². The van der Waals surface area contributed by atoms with Crippen LogP contribution in [0.25, 0.3) is 0 Å². The first-order valence-electron chi connectivity index (χ1n) is 4.48. The zero-order chi connectivity index (χ0) is 10.1. The van der Waals surface area contributed by atoms with Crippen molar-refractivity contribution >= 4 is 5.97 Å². The molecule has 0 fully saturated rings. The highest BCUT2D eigenvalue weighted by molar-refractivity contribution is 5.88. The van der Waals surface area contributed by atoms with Gasteiger partial charge in [0.15, 0.2) is 0 Å². The molecular weight excluding hydrogens is 178 g/mol. The summed E-state index contributed by atoms with van der Waals surface area (Å²) in [5.41, 5.74) is 2.32. The number of carbonyl (C=O) groups is 1. The number of benzene rings is 1. The minimum absolute atomic E-state index is 0.0483. The fourth-order valence-electron chi connectivity index (χ4n) is 1.88. The quantitative estimate of drug-likeness (QED) is 0.730. The van der Waals surface area contributed by atoms with Gasteiger partial charge in [-0.25, -0.2) is 4.79 Å². The van der Waals surface area contributed by atoms with E-state index in [1.807, 2.05) is 0 Å². The van der Waals surface area contributed by atoms with E-state index in [0.29, 0.717) is 5.56 Å². The Balaban J connectivity index is 2.45. The Hall–Kier alpha value is -1.82. The van der Waals surface area contributed by atoms with Crippen molar-refractivity contribution in [3.05, 3.63) is 34.9 Å². The fraction of sp³-hybridized carbons (Fsp3) is 0.273. The monoisotopic (exact) mass is 187 g/mol. The van der Waals surface area contributed by atoms with Gasteiger partial charge in [0.25, 0.3) is 0 Å². The summed E-state index contributed by atoms with van der Waals surface area (Å²) in [7, 11) is 0. The van der Waals surface area contributed by atoms with Crippen LogP contribution < -0.4 is 0 Å². The molecule has 3 nitrogen and oxygen atoms in total. The van der Waals surface area contributed by atoms with Crippen molar-refractivity contribution in [2.75, 3.05) is 0 Å². The molecule has 1 aromatic carbocycles. The Labute approximate surface area is 81.6 Å². The molecular formula is C11H9NO2. The van der Waals surface area contributed by atoms with E-state index in [0.717, 1.165) is 24.0 Å². The molecule has 1 N–H and O–H groups in total. The van der Waals surface area contributed by atoms with Crippen molar-refractivity contribution < 1.29 is 9.90 Å². The number of nitriles is 1. The Kier molecular flexibility index (Phi) is 1.97. The third-order valence-electron chi connectivity index (χ3n) is 2.62. The maximum atomic E-state index is 10.7. The van der Waals surface area contributed by atoms with Crippen LogP contribution in [0.15, 0.2) is 18.2 Å². The molecule has 0 bridgehead atoms. The number of rotatable bonds is 1.